The number of rotatable bonds is 11. The summed E-state index contributed by atoms with van der Waals surface area (Å²) >= 11 is 0. The van der Waals surface area contributed by atoms with Gasteiger partial charge >= 0.3 is 6.09 Å². The van der Waals surface area contributed by atoms with Crippen LogP contribution in [0.5, 0.6) is 5.75 Å². The number of hydrogen-bond acceptors (Lipinski definition) is 8. The molecule has 0 saturated carbocycles. The van der Waals surface area contributed by atoms with Crippen molar-refractivity contribution in [2.45, 2.75) is 32.6 Å². The lowest BCUT2D eigenvalue weighted by Gasteiger charge is -2.09. The normalized spacial score (nSPS) is 12.4. The lowest BCUT2D eigenvalue weighted by Crippen LogP contribution is -2.31. The second kappa shape index (κ2) is 16.8. The SMILES string of the molecule is C1CSSC1.CCCCC(=O)NCCOCCNC(=O)Oc1ccc2oc(-c3ccccc3)cc(=O)c2c1. The Morgan fingerprint density at radius 1 is 0.974 bits per heavy atom. The van der Waals surface area contributed by atoms with E-state index in [2.05, 4.69) is 10.6 Å². The molecule has 1 fully saturated rings. The average Bonchev–Trinajstić information content (AvgIpc) is 3.53. The van der Waals surface area contributed by atoms with Crippen LogP contribution in [0.4, 0.5) is 4.79 Å². The van der Waals surface area contributed by atoms with E-state index < -0.39 is 6.09 Å². The van der Waals surface area contributed by atoms with Crippen molar-refractivity contribution in [1.29, 1.82) is 0 Å². The Morgan fingerprint density at radius 2 is 1.71 bits per heavy atom. The molecule has 10 heteroatoms. The number of benzene rings is 2. The molecule has 0 atom stereocenters. The van der Waals surface area contributed by atoms with Crippen molar-refractivity contribution in [3.63, 3.8) is 0 Å². The first-order valence-corrected chi connectivity index (χ1v) is 15.2. The standard InChI is InChI=1S/C25H28N2O6.C3H6S2/c1-2-3-9-24(29)26-12-14-31-15-13-27-25(30)32-19-10-11-22-20(16-19)21(28)17-23(33-22)18-7-5-4-6-8-18;1-2-4-5-3-1/h4-8,10-11,16-17H,2-3,9,12-15H2,1H3,(H,26,29)(H,27,30);1-3H2. The molecule has 0 aliphatic carbocycles. The van der Waals surface area contributed by atoms with Gasteiger partial charge in [0.2, 0.25) is 5.91 Å². The van der Waals surface area contributed by atoms with Gasteiger partial charge in [-0.2, -0.15) is 0 Å². The summed E-state index contributed by atoms with van der Waals surface area (Å²) in [7, 11) is 3.98. The summed E-state index contributed by atoms with van der Waals surface area (Å²) in [5.74, 6) is 3.48. The summed E-state index contributed by atoms with van der Waals surface area (Å²) in [5.41, 5.74) is 0.984. The first-order chi connectivity index (χ1) is 18.6. The summed E-state index contributed by atoms with van der Waals surface area (Å²) < 4.78 is 16.5. The molecule has 2 amide bonds. The molecule has 0 bridgehead atoms. The number of carbonyl (C=O) groups is 2. The molecule has 2 N–H and O–H groups in total. The Kier molecular flexibility index (Phi) is 13.1. The minimum Gasteiger partial charge on any atom is -0.456 e. The highest BCUT2D eigenvalue weighted by Crippen LogP contribution is 2.29. The van der Waals surface area contributed by atoms with E-state index in [1.165, 1.54) is 30.1 Å². The summed E-state index contributed by atoms with van der Waals surface area (Å²) in [5, 5.41) is 5.67. The van der Waals surface area contributed by atoms with Crippen molar-refractivity contribution in [3.05, 3.63) is 64.8 Å². The summed E-state index contributed by atoms with van der Waals surface area (Å²) in [6, 6.07) is 15.4. The number of nitrogens with one attached hydrogen (secondary N) is 2. The molecular weight excluding hydrogens is 524 g/mol. The van der Waals surface area contributed by atoms with Crippen LogP contribution >= 0.6 is 21.6 Å². The van der Waals surface area contributed by atoms with E-state index in [-0.39, 0.29) is 30.2 Å². The van der Waals surface area contributed by atoms with E-state index in [1.807, 2.05) is 58.8 Å². The van der Waals surface area contributed by atoms with Gasteiger partial charge in [0.25, 0.3) is 0 Å². The van der Waals surface area contributed by atoms with E-state index in [1.54, 1.807) is 12.1 Å². The largest absolute Gasteiger partial charge is 0.456 e. The molecule has 2 aromatic carbocycles. The van der Waals surface area contributed by atoms with Gasteiger partial charge in [-0.1, -0.05) is 65.3 Å². The second-order valence-corrected chi connectivity index (χ2v) is 11.1. The van der Waals surface area contributed by atoms with Crippen LogP contribution in [-0.4, -0.2) is 49.8 Å². The first-order valence-electron chi connectivity index (χ1n) is 12.7. The van der Waals surface area contributed by atoms with Crippen molar-refractivity contribution >= 4 is 44.6 Å². The predicted molar refractivity (Wildman–Crippen MR) is 155 cm³/mol. The minimum absolute atomic E-state index is 0.0165. The molecule has 1 aliphatic rings. The van der Waals surface area contributed by atoms with Crippen molar-refractivity contribution in [3.8, 4) is 17.1 Å². The average molecular weight is 559 g/mol. The Morgan fingerprint density at radius 3 is 2.39 bits per heavy atom. The lowest BCUT2D eigenvalue weighted by molar-refractivity contribution is -0.121. The molecular formula is C28H34N2O6S2. The highest BCUT2D eigenvalue weighted by Gasteiger charge is 2.10. The van der Waals surface area contributed by atoms with Crippen molar-refractivity contribution in [2.24, 2.45) is 0 Å². The lowest BCUT2D eigenvalue weighted by atomic mass is 10.1. The molecule has 3 aromatic rings. The fourth-order valence-electron chi connectivity index (χ4n) is 3.40. The molecule has 1 aliphatic heterocycles. The second-order valence-electron chi connectivity index (χ2n) is 8.38. The molecule has 4 rings (SSSR count). The molecule has 0 spiro atoms. The molecule has 0 unspecified atom stereocenters. The van der Waals surface area contributed by atoms with Crippen LogP contribution in [0.3, 0.4) is 0 Å². The third kappa shape index (κ3) is 10.4. The zero-order valence-electron chi connectivity index (χ0n) is 21.5. The number of carbonyl (C=O) groups excluding carboxylic acids is 2. The first kappa shape index (κ1) is 29.6. The molecule has 1 aromatic heterocycles. The van der Waals surface area contributed by atoms with Gasteiger partial charge < -0.3 is 24.5 Å². The highest BCUT2D eigenvalue weighted by molar-refractivity contribution is 8.77. The van der Waals surface area contributed by atoms with E-state index in [9.17, 15) is 14.4 Å². The number of fused-ring (bicyclic) bond motifs is 1. The highest BCUT2D eigenvalue weighted by atomic mass is 33.1. The quantitative estimate of drug-likeness (QED) is 0.230. The minimum atomic E-state index is -0.656. The molecule has 38 heavy (non-hydrogen) atoms. The summed E-state index contributed by atoms with van der Waals surface area (Å²) in [6.07, 6.45) is 3.14. The fourth-order valence-corrected chi connectivity index (χ4v) is 5.75. The Balaban J connectivity index is 0.000000715. The molecule has 1 saturated heterocycles. The Labute approximate surface area is 230 Å². The number of unbranched alkanes of at least 4 members (excludes halogenated alkanes) is 1. The zero-order chi connectivity index (χ0) is 27.0. The van der Waals surface area contributed by atoms with Crippen LogP contribution in [0.2, 0.25) is 0 Å². The third-order valence-corrected chi connectivity index (χ3v) is 7.93. The Bertz CT molecular complexity index is 1210. The van der Waals surface area contributed by atoms with Crippen LogP contribution in [0.25, 0.3) is 22.3 Å². The molecule has 204 valence electrons. The van der Waals surface area contributed by atoms with Gasteiger partial charge in [-0.05, 0) is 31.0 Å². The van der Waals surface area contributed by atoms with Crippen LogP contribution < -0.4 is 20.8 Å². The maximum absolute atomic E-state index is 12.5. The number of amides is 2. The summed E-state index contributed by atoms with van der Waals surface area (Å²) in [6.45, 7) is 3.35. The number of ether oxygens (including phenoxy) is 2. The van der Waals surface area contributed by atoms with Gasteiger partial charge in [0.1, 0.15) is 17.1 Å². The fraction of sp³-hybridized carbons (Fsp3) is 0.393. The molecule has 2 heterocycles. The van der Waals surface area contributed by atoms with Gasteiger partial charge in [0, 0.05) is 42.6 Å². The van der Waals surface area contributed by atoms with Crippen LogP contribution in [0.15, 0.2) is 63.8 Å². The van der Waals surface area contributed by atoms with Gasteiger partial charge in [0.05, 0.1) is 18.6 Å². The van der Waals surface area contributed by atoms with E-state index in [0.717, 1.165) is 18.4 Å². The maximum Gasteiger partial charge on any atom is 0.412 e. The van der Waals surface area contributed by atoms with E-state index in [4.69, 9.17) is 13.9 Å². The Hall–Kier alpha value is -2.95. The predicted octanol–water partition coefficient (Wildman–Crippen LogP) is 5.64. The van der Waals surface area contributed by atoms with Crippen LogP contribution in [-0.2, 0) is 9.53 Å². The maximum atomic E-state index is 12.5. The number of hydrogen-bond donors (Lipinski definition) is 2. The van der Waals surface area contributed by atoms with Crippen molar-refractivity contribution < 1.29 is 23.5 Å². The van der Waals surface area contributed by atoms with Gasteiger partial charge in [-0.25, -0.2) is 4.79 Å². The topological polar surface area (TPSA) is 107 Å². The van der Waals surface area contributed by atoms with Crippen LogP contribution in [0.1, 0.15) is 32.6 Å². The monoisotopic (exact) mass is 558 g/mol. The molecule has 8 nitrogen and oxygen atoms in total. The summed E-state index contributed by atoms with van der Waals surface area (Å²) in [4.78, 5) is 36.0. The van der Waals surface area contributed by atoms with E-state index in [0.29, 0.717) is 36.3 Å². The molecule has 0 radical (unpaired) electrons. The van der Waals surface area contributed by atoms with Gasteiger partial charge in [0.15, 0.2) is 5.43 Å². The zero-order valence-corrected chi connectivity index (χ0v) is 23.2. The van der Waals surface area contributed by atoms with Gasteiger partial charge in [-0.15, -0.1) is 0 Å². The van der Waals surface area contributed by atoms with Crippen molar-refractivity contribution in [1.82, 2.24) is 10.6 Å². The van der Waals surface area contributed by atoms with Crippen molar-refractivity contribution in [2.75, 3.05) is 37.8 Å². The van der Waals surface area contributed by atoms with E-state index >= 15 is 0 Å². The van der Waals surface area contributed by atoms with Gasteiger partial charge in [-0.3, -0.25) is 9.59 Å². The van der Waals surface area contributed by atoms with Crippen LogP contribution in [0, 0.1) is 0 Å². The smallest absolute Gasteiger partial charge is 0.412 e. The third-order valence-electron chi connectivity index (χ3n) is 5.35.